The Balaban J connectivity index is 1.64. The van der Waals surface area contributed by atoms with Crippen LogP contribution in [0.25, 0.3) is 0 Å². The molecule has 1 unspecified atom stereocenters. The molecule has 0 spiro atoms. The predicted octanol–water partition coefficient (Wildman–Crippen LogP) is 2.11. The van der Waals surface area contributed by atoms with Gasteiger partial charge in [0.25, 0.3) is 0 Å². The topological polar surface area (TPSA) is 76.0 Å². The summed E-state index contributed by atoms with van der Waals surface area (Å²) in [5.74, 6) is 0.360. The molecule has 1 aliphatic heterocycles. The molecule has 1 fully saturated rings. The zero-order chi connectivity index (χ0) is 15.5. The smallest absolute Gasteiger partial charge is 0.230 e. The number of hydrogen-bond acceptors (Lipinski definition) is 4. The van der Waals surface area contributed by atoms with Crippen molar-refractivity contribution in [3.8, 4) is 0 Å². The minimum atomic E-state index is -0.197. The van der Waals surface area contributed by atoms with Crippen molar-refractivity contribution >= 4 is 40.6 Å². The van der Waals surface area contributed by atoms with E-state index in [1.165, 1.54) is 11.3 Å². The van der Waals surface area contributed by atoms with E-state index < -0.39 is 0 Å². The van der Waals surface area contributed by atoms with Crippen molar-refractivity contribution in [2.75, 3.05) is 11.9 Å². The fourth-order valence-corrected chi connectivity index (χ4v) is 3.40. The lowest BCUT2D eigenvalue weighted by atomic mass is 9.98. The molecular formula is C14H15ClN4O2S. The number of aromatic nitrogens is 2. The van der Waals surface area contributed by atoms with Crippen molar-refractivity contribution < 1.29 is 9.59 Å². The Morgan fingerprint density at radius 2 is 2.36 bits per heavy atom. The Morgan fingerprint density at radius 3 is 3.05 bits per heavy atom. The standard InChI is InChI=1S/C14H15ClN4O2S/c15-11-3-2-10(22-11)8-19-12(5-6-17-19)18-14(21)9-1-4-13(20)16-7-9/h2-3,5-6,9H,1,4,7-8H2,(H,16,20)(H,18,21). The number of hydrogen-bond donors (Lipinski definition) is 2. The van der Waals surface area contributed by atoms with Gasteiger partial charge in [-0.05, 0) is 18.6 Å². The number of halogens is 1. The molecular weight excluding hydrogens is 324 g/mol. The molecule has 0 radical (unpaired) electrons. The molecule has 2 aromatic rings. The normalized spacial score (nSPS) is 18.0. The van der Waals surface area contributed by atoms with Crippen LogP contribution in [-0.2, 0) is 16.1 Å². The first-order valence-electron chi connectivity index (χ1n) is 6.95. The highest BCUT2D eigenvalue weighted by molar-refractivity contribution is 7.16. The number of piperidine rings is 1. The van der Waals surface area contributed by atoms with Gasteiger partial charge < -0.3 is 10.6 Å². The van der Waals surface area contributed by atoms with E-state index in [0.717, 1.165) is 9.21 Å². The molecule has 0 aromatic carbocycles. The van der Waals surface area contributed by atoms with E-state index in [1.807, 2.05) is 12.1 Å². The average molecular weight is 339 g/mol. The maximum absolute atomic E-state index is 12.3. The SMILES string of the molecule is O=C1CCC(C(=O)Nc2ccnn2Cc2ccc(Cl)s2)CN1. The van der Waals surface area contributed by atoms with Crippen LogP contribution in [0.5, 0.6) is 0 Å². The predicted molar refractivity (Wildman–Crippen MR) is 85.0 cm³/mol. The fourth-order valence-electron chi connectivity index (χ4n) is 2.33. The van der Waals surface area contributed by atoms with Crippen molar-refractivity contribution in [1.82, 2.24) is 15.1 Å². The molecule has 116 valence electrons. The molecule has 22 heavy (non-hydrogen) atoms. The quantitative estimate of drug-likeness (QED) is 0.896. The Kier molecular flexibility index (Phi) is 4.44. The van der Waals surface area contributed by atoms with E-state index in [0.29, 0.717) is 31.7 Å². The van der Waals surface area contributed by atoms with Crippen LogP contribution in [0.4, 0.5) is 5.82 Å². The van der Waals surface area contributed by atoms with Crippen LogP contribution in [-0.4, -0.2) is 28.1 Å². The number of carbonyl (C=O) groups is 2. The summed E-state index contributed by atoms with van der Waals surface area (Å²) in [4.78, 5) is 24.5. The van der Waals surface area contributed by atoms with Gasteiger partial charge in [-0.1, -0.05) is 11.6 Å². The second-order valence-electron chi connectivity index (χ2n) is 5.11. The van der Waals surface area contributed by atoms with Crippen molar-refractivity contribution in [3.63, 3.8) is 0 Å². The first-order chi connectivity index (χ1) is 10.6. The van der Waals surface area contributed by atoms with Crippen LogP contribution in [0.15, 0.2) is 24.4 Å². The molecule has 2 amide bonds. The van der Waals surface area contributed by atoms with Gasteiger partial charge in [0.05, 0.1) is 23.0 Å². The first-order valence-corrected chi connectivity index (χ1v) is 8.15. The summed E-state index contributed by atoms with van der Waals surface area (Å²) < 4.78 is 2.45. The highest BCUT2D eigenvalue weighted by Gasteiger charge is 2.25. The maximum Gasteiger partial charge on any atom is 0.230 e. The Bertz CT molecular complexity index is 687. The van der Waals surface area contributed by atoms with E-state index in [4.69, 9.17) is 11.6 Å². The third-order valence-corrected chi connectivity index (χ3v) is 4.75. The van der Waals surface area contributed by atoms with Gasteiger partial charge in [0.1, 0.15) is 5.82 Å². The number of thiophene rings is 1. The number of carbonyl (C=O) groups excluding carboxylic acids is 2. The molecule has 2 aromatic heterocycles. The summed E-state index contributed by atoms with van der Waals surface area (Å²) in [6.45, 7) is 0.945. The number of amides is 2. The molecule has 2 N–H and O–H groups in total. The van der Waals surface area contributed by atoms with Gasteiger partial charge in [0, 0.05) is 23.9 Å². The lowest BCUT2D eigenvalue weighted by molar-refractivity contribution is -0.126. The summed E-state index contributed by atoms with van der Waals surface area (Å²) in [5.41, 5.74) is 0. The van der Waals surface area contributed by atoms with Crippen LogP contribution >= 0.6 is 22.9 Å². The Labute approximate surface area is 136 Å². The summed E-state index contributed by atoms with van der Waals surface area (Å²) in [5, 5.41) is 9.83. The van der Waals surface area contributed by atoms with Gasteiger partial charge in [0.2, 0.25) is 11.8 Å². The van der Waals surface area contributed by atoms with E-state index in [-0.39, 0.29) is 17.7 Å². The monoisotopic (exact) mass is 338 g/mol. The molecule has 8 heteroatoms. The second kappa shape index (κ2) is 6.50. The second-order valence-corrected chi connectivity index (χ2v) is 6.91. The molecule has 1 aliphatic rings. The summed E-state index contributed by atoms with van der Waals surface area (Å²) in [6, 6.07) is 5.54. The third kappa shape index (κ3) is 3.48. The van der Waals surface area contributed by atoms with Crippen molar-refractivity contribution in [1.29, 1.82) is 0 Å². The van der Waals surface area contributed by atoms with Crippen LogP contribution in [0, 0.1) is 5.92 Å². The molecule has 3 heterocycles. The van der Waals surface area contributed by atoms with E-state index in [1.54, 1.807) is 16.9 Å². The Morgan fingerprint density at radius 1 is 1.50 bits per heavy atom. The van der Waals surface area contributed by atoms with Crippen molar-refractivity contribution in [3.05, 3.63) is 33.6 Å². The lowest BCUT2D eigenvalue weighted by Crippen LogP contribution is -2.40. The first kappa shape index (κ1) is 15.1. The van der Waals surface area contributed by atoms with Crippen LogP contribution in [0.1, 0.15) is 17.7 Å². The third-order valence-electron chi connectivity index (χ3n) is 3.54. The van der Waals surface area contributed by atoms with Gasteiger partial charge in [-0.3, -0.25) is 9.59 Å². The minimum Gasteiger partial charge on any atom is -0.355 e. The summed E-state index contributed by atoms with van der Waals surface area (Å²) in [7, 11) is 0. The highest BCUT2D eigenvalue weighted by Crippen LogP contribution is 2.23. The van der Waals surface area contributed by atoms with Crippen molar-refractivity contribution in [2.24, 2.45) is 5.92 Å². The van der Waals surface area contributed by atoms with Crippen LogP contribution in [0.3, 0.4) is 0 Å². The van der Waals surface area contributed by atoms with Gasteiger partial charge in [-0.15, -0.1) is 11.3 Å². The highest BCUT2D eigenvalue weighted by atomic mass is 35.5. The summed E-state index contributed by atoms with van der Waals surface area (Å²) in [6.07, 6.45) is 2.62. The Hall–Kier alpha value is -1.86. The van der Waals surface area contributed by atoms with E-state index in [2.05, 4.69) is 15.7 Å². The molecule has 1 atom stereocenters. The van der Waals surface area contributed by atoms with Gasteiger partial charge in [0.15, 0.2) is 0 Å². The number of rotatable bonds is 4. The van der Waals surface area contributed by atoms with E-state index in [9.17, 15) is 9.59 Å². The lowest BCUT2D eigenvalue weighted by Gasteiger charge is -2.21. The van der Waals surface area contributed by atoms with Gasteiger partial charge >= 0.3 is 0 Å². The molecule has 6 nitrogen and oxygen atoms in total. The fraction of sp³-hybridized carbons (Fsp3) is 0.357. The van der Waals surface area contributed by atoms with Gasteiger partial charge in [-0.2, -0.15) is 5.10 Å². The zero-order valence-corrected chi connectivity index (χ0v) is 13.3. The van der Waals surface area contributed by atoms with Crippen molar-refractivity contribution in [2.45, 2.75) is 19.4 Å². The van der Waals surface area contributed by atoms with Gasteiger partial charge in [-0.25, -0.2) is 4.68 Å². The average Bonchev–Trinajstić information content (AvgIpc) is 3.10. The minimum absolute atomic E-state index is 0.00339. The van der Waals surface area contributed by atoms with E-state index >= 15 is 0 Å². The molecule has 0 bridgehead atoms. The number of nitrogens with zero attached hydrogens (tertiary/aromatic N) is 2. The van der Waals surface area contributed by atoms with Crippen LogP contribution in [0.2, 0.25) is 4.34 Å². The summed E-state index contributed by atoms with van der Waals surface area (Å²) >= 11 is 7.41. The maximum atomic E-state index is 12.3. The van der Waals surface area contributed by atoms with Crippen LogP contribution < -0.4 is 10.6 Å². The molecule has 3 rings (SSSR count). The number of nitrogens with one attached hydrogen (secondary N) is 2. The largest absolute Gasteiger partial charge is 0.355 e. The molecule has 0 saturated carbocycles. The molecule has 0 aliphatic carbocycles. The zero-order valence-electron chi connectivity index (χ0n) is 11.7. The number of anilines is 1. The molecule has 1 saturated heterocycles.